The van der Waals surface area contributed by atoms with Crippen molar-refractivity contribution >= 4 is 33.3 Å². The van der Waals surface area contributed by atoms with Gasteiger partial charge in [0, 0.05) is 42.5 Å². The van der Waals surface area contributed by atoms with Crippen LogP contribution in [0.3, 0.4) is 0 Å². The molecule has 0 aliphatic carbocycles. The van der Waals surface area contributed by atoms with Crippen molar-refractivity contribution in [3.63, 3.8) is 0 Å². The van der Waals surface area contributed by atoms with Crippen molar-refractivity contribution in [2.75, 3.05) is 41.6 Å². The van der Waals surface area contributed by atoms with E-state index < -0.39 is 10.2 Å². The summed E-state index contributed by atoms with van der Waals surface area (Å²) in [6.07, 6.45) is 1.01. The molecule has 1 saturated heterocycles. The summed E-state index contributed by atoms with van der Waals surface area (Å²) >= 11 is 1.79. The zero-order chi connectivity index (χ0) is 22.4. The number of benzene rings is 3. The molecule has 0 spiro atoms. The number of hydrogen-bond acceptors (Lipinski definition) is 4. The maximum absolute atomic E-state index is 13.0. The van der Waals surface area contributed by atoms with E-state index in [0.29, 0.717) is 31.9 Å². The predicted molar refractivity (Wildman–Crippen MR) is 135 cm³/mol. The molecular weight excluding hydrogens is 438 g/mol. The van der Waals surface area contributed by atoms with Gasteiger partial charge in [0.15, 0.2) is 0 Å². The van der Waals surface area contributed by atoms with Crippen molar-refractivity contribution in [2.45, 2.75) is 18.2 Å². The van der Waals surface area contributed by atoms with Gasteiger partial charge in [-0.1, -0.05) is 48.5 Å². The van der Waals surface area contributed by atoms with Crippen LogP contribution in [0, 0.1) is 6.92 Å². The molecule has 0 unspecified atom stereocenters. The molecule has 1 aliphatic rings. The van der Waals surface area contributed by atoms with E-state index in [1.54, 1.807) is 11.8 Å². The van der Waals surface area contributed by atoms with Crippen LogP contribution in [0.4, 0.5) is 11.4 Å². The topological polar surface area (TPSA) is 52.7 Å². The third kappa shape index (κ3) is 5.85. The van der Waals surface area contributed by atoms with Crippen LogP contribution in [0.2, 0.25) is 0 Å². The van der Waals surface area contributed by atoms with Crippen molar-refractivity contribution < 1.29 is 8.42 Å². The molecule has 4 rings (SSSR count). The van der Waals surface area contributed by atoms with Crippen molar-refractivity contribution in [3.8, 4) is 0 Å². The molecule has 0 atom stereocenters. The fourth-order valence-corrected chi connectivity index (χ4v) is 6.08. The highest BCUT2D eigenvalue weighted by atomic mass is 32.2. The molecule has 3 aromatic carbocycles. The summed E-state index contributed by atoms with van der Waals surface area (Å²) in [6, 6.07) is 26.5. The fraction of sp³-hybridized carbons (Fsp3) is 0.280. The highest BCUT2D eigenvalue weighted by Crippen LogP contribution is 2.26. The molecule has 0 saturated carbocycles. The number of anilines is 2. The van der Waals surface area contributed by atoms with E-state index >= 15 is 0 Å². The zero-order valence-corrected chi connectivity index (χ0v) is 19.9. The van der Waals surface area contributed by atoms with E-state index in [9.17, 15) is 8.42 Å². The maximum Gasteiger partial charge on any atom is 0.301 e. The molecule has 1 aliphatic heterocycles. The molecule has 3 aromatic rings. The van der Waals surface area contributed by atoms with Gasteiger partial charge >= 0.3 is 10.2 Å². The Hall–Kier alpha value is -2.48. The number of para-hydroxylation sites is 1. The highest BCUT2D eigenvalue weighted by Gasteiger charge is 2.27. The van der Waals surface area contributed by atoms with Gasteiger partial charge in [0.1, 0.15) is 0 Å². The Balaban J connectivity index is 1.32. The van der Waals surface area contributed by atoms with E-state index in [-0.39, 0.29) is 0 Å². The lowest BCUT2D eigenvalue weighted by atomic mass is 10.2. The minimum absolute atomic E-state index is 0.469. The highest BCUT2D eigenvalue weighted by molar-refractivity contribution is 7.99. The lowest BCUT2D eigenvalue weighted by molar-refractivity contribution is 0.388. The average molecular weight is 468 g/mol. The average Bonchev–Trinajstić information content (AvgIpc) is 2.82. The number of nitrogens with one attached hydrogen (secondary N) is 1. The molecule has 168 valence electrons. The number of piperazine rings is 1. The predicted octanol–water partition coefficient (Wildman–Crippen LogP) is 4.81. The van der Waals surface area contributed by atoms with Crippen LogP contribution in [0.25, 0.3) is 0 Å². The number of aryl methyl sites for hydroxylation is 2. The lowest BCUT2D eigenvalue weighted by Crippen LogP contribution is -2.50. The lowest BCUT2D eigenvalue weighted by Gasteiger charge is -2.35. The Morgan fingerprint density at radius 3 is 2.19 bits per heavy atom. The first kappa shape index (κ1) is 22.7. The third-order valence-corrected chi connectivity index (χ3v) is 8.16. The maximum atomic E-state index is 13.0. The van der Waals surface area contributed by atoms with Crippen LogP contribution < -0.4 is 9.62 Å². The molecule has 0 bridgehead atoms. The first-order valence-electron chi connectivity index (χ1n) is 10.9. The monoisotopic (exact) mass is 467 g/mol. The standard InChI is InChI=1S/C25H29N3O2S2/c1-21-20-24(31-19-14-22-8-4-2-5-9-22)12-13-25(21)26-32(29,30)28-17-15-27(16-18-28)23-10-6-3-7-11-23/h2-13,20,26H,14-19H2,1H3. The summed E-state index contributed by atoms with van der Waals surface area (Å²) in [5.74, 6) is 0.986. The van der Waals surface area contributed by atoms with Crippen LogP contribution in [0.1, 0.15) is 11.1 Å². The number of rotatable bonds is 8. The Morgan fingerprint density at radius 1 is 0.875 bits per heavy atom. The number of nitrogens with zero attached hydrogens (tertiary/aromatic N) is 2. The molecule has 7 heteroatoms. The molecule has 1 N–H and O–H groups in total. The van der Waals surface area contributed by atoms with E-state index in [1.807, 2.05) is 43.3 Å². The molecule has 1 fully saturated rings. The van der Waals surface area contributed by atoms with Crippen molar-refractivity contribution in [1.29, 1.82) is 0 Å². The van der Waals surface area contributed by atoms with Gasteiger partial charge in [-0.25, -0.2) is 0 Å². The van der Waals surface area contributed by atoms with Gasteiger partial charge in [0.2, 0.25) is 0 Å². The van der Waals surface area contributed by atoms with Gasteiger partial charge in [0.25, 0.3) is 0 Å². The third-order valence-electron chi connectivity index (χ3n) is 5.64. The second-order valence-electron chi connectivity index (χ2n) is 7.89. The van der Waals surface area contributed by atoms with Gasteiger partial charge < -0.3 is 4.90 Å². The van der Waals surface area contributed by atoms with Crippen molar-refractivity contribution in [2.24, 2.45) is 0 Å². The Labute approximate surface area is 195 Å². The summed E-state index contributed by atoms with van der Waals surface area (Å²) in [5, 5.41) is 0. The molecule has 32 heavy (non-hydrogen) atoms. The molecule has 0 amide bonds. The van der Waals surface area contributed by atoms with Gasteiger partial charge in [-0.05, 0) is 54.8 Å². The normalized spacial score (nSPS) is 15.0. The molecular formula is C25H29N3O2S2. The quantitative estimate of drug-likeness (QED) is 0.483. The number of hydrogen-bond donors (Lipinski definition) is 1. The molecule has 0 radical (unpaired) electrons. The second-order valence-corrected chi connectivity index (χ2v) is 10.7. The Morgan fingerprint density at radius 2 is 1.53 bits per heavy atom. The van der Waals surface area contributed by atoms with E-state index in [1.165, 1.54) is 9.87 Å². The zero-order valence-electron chi connectivity index (χ0n) is 18.3. The molecule has 0 aromatic heterocycles. The first-order valence-corrected chi connectivity index (χ1v) is 13.3. The molecule has 5 nitrogen and oxygen atoms in total. The Bertz CT molecular complexity index is 1110. The summed E-state index contributed by atoms with van der Waals surface area (Å²) in [4.78, 5) is 3.37. The van der Waals surface area contributed by atoms with Gasteiger partial charge in [-0.15, -0.1) is 11.8 Å². The molecule has 1 heterocycles. The van der Waals surface area contributed by atoms with Crippen LogP contribution in [-0.2, 0) is 16.6 Å². The van der Waals surface area contributed by atoms with Crippen LogP contribution in [0.15, 0.2) is 83.8 Å². The Kier molecular flexibility index (Phi) is 7.40. The minimum Gasteiger partial charge on any atom is -0.369 e. The van der Waals surface area contributed by atoms with E-state index in [4.69, 9.17) is 0 Å². The van der Waals surface area contributed by atoms with E-state index in [0.717, 1.165) is 28.3 Å². The summed E-state index contributed by atoms with van der Waals surface area (Å²) in [7, 11) is -3.58. The summed E-state index contributed by atoms with van der Waals surface area (Å²) in [6.45, 7) is 4.25. The summed E-state index contributed by atoms with van der Waals surface area (Å²) in [5.41, 5.74) is 4.03. The van der Waals surface area contributed by atoms with Gasteiger partial charge in [0.05, 0.1) is 5.69 Å². The van der Waals surface area contributed by atoms with Crippen LogP contribution >= 0.6 is 11.8 Å². The van der Waals surface area contributed by atoms with Crippen molar-refractivity contribution in [3.05, 3.63) is 90.0 Å². The second kappa shape index (κ2) is 10.4. The summed E-state index contributed by atoms with van der Waals surface area (Å²) < 4.78 is 30.2. The van der Waals surface area contributed by atoms with Gasteiger partial charge in [-0.3, -0.25) is 4.72 Å². The first-order chi connectivity index (χ1) is 15.5. The number of thioether (sulfide) groups is 1. The minimum atomic E-state index is -3.58. The fourth-order valence-electron chi connectivity index (χ4n) is 3.80. The smallest absolute Gasteiger partial charge is 0.301 e. The van der Waals surface area contributed by atoms with Gasteiger partial charge in [-0.2, -0.15) is 12.7 Å². The van der Waals surface area contributed by atoms with Crippen LogP contribution in [-0.4, -0.2) is 44.7 Å². The largest absolute Gasteiger partial charge is 0.369 e. The van der Waals surface area contributed by atoms with Crippen LogP contribution in [0.5, 0.6) is 0 Å². The SMILES string of the molecule is Cc1cc(SCCc2ccccc2)ccc1NS(=O)(=O)N1CCN(c2ccccc2)CC1. The van der Waals surface area contributed by atoms with E-state index in [2.05, 4.69) is 52.1 Å². The van der Waals surface area contributed by atoms with Crippen molar-refractivity contribution in [1.82, 2.24) is 4.31 Å².